The zero-order valence-corrected chi connectivity index (χ0v) is 14.7. The molecule has 1 amide bonds. The molecule has 4 rings (SSSR count). The lowest BCUT2D eigenvalue weighted by atomic mass is 10.00. The van der Waals surface area contributed by atoms with Gasteiger partial charge in [0.1, 0.15) is 12.1 Å². The quantitative estimate of drug-likeness (QED) is 0.541. The van der Waals surface area contributed by atoms with E-state index >= 15 is 0 Å². The van der Waals surface area contributed by atoms with Crippen molar-refractivity contribution in [3.8, 4) is 5.75 Å². The number of carbonyl (C=O) groups is 2. The van der Waals surface area contributed by atoms with Gasteiger partial charge < -0.3 is 15.5 Å². The number of carboxylic acid groups (broad SMARTS) is 1. The van der Waals surface area contributed by atoms with Gasteiger partial charge in [0, 0.05) is 23.5 Å². The molecule has 0 radical (unpaired) electrons. The van der Waals surface area contributed by atoms with Crippen LogP contribution >= 0.6 is 0 Å². The van der Waals surface area contributed by atoms with Crippen LogP contribution in [0.15, 0.2) is 61.2 Å². The molecule has 2 atom stereocenters. The number of anilines is 1. The number of nitrogens with one attached hydrogen (secondary N) is 2. The van der Waals surface area contributed by atoms with E-state index in [1.165, 1.54) is 6.07 Å². The average molecular weight is 378 g/mol. The third kappa shape index (κ3) is 3.27. The first-order valence-corrected chi connectivity index (χ1v) is 8.72. The highest BCUT2D eigenvalue weighted by Crippen LogP contribution is 2.40. The number of carbonyl (C=O) groups excluding carboxylic acids is 1. The highest BCUT2D eigenvalue weighted by molar-refractivity contribution is 5.95. The normalized spacial score (nSPS) is 17.7. The number of aromatic hydroxyl groups is 1. The third-order valence-corrected chi connectivity index (χ3v) is 4.86. The summed E-state index contributed by atoms with van der Waals surface area (Å²) in [6.07, 6.45) is 5.18. The Morgan fingerprint density at radius 2 is 1.93 bits per heavy atom. The first-order valence-electron chi connectivity index (χ1n) is 8.72. The van der Waals surface area contributed by atoms with E-state index < -0.39 is 17.9 Å². The lowest BCUT2D eigenvalue weighted by Gasteiger charge is -2.19. The Labute approximate surface area is 160 Å². The van der Waals surface area contributed by atoms with Gasteiger partial charge >= 0.3 is 5.97 Å². The van der Waals surface area contributed by atoms with E-state index in [9.17, 15) is 19.8 Å². The fourth-order valence-corrected chi connectivity index (χ4v) is 3.46. The minimum absolute atomic E-state index is 0.0513. The molecule has 0 spiro atoms. The Morgan fingerprint density at radius 3 is 2.61 bits per heavy atom. The summed E-state index contributed by atoms with van der Waals surface area (Å²) in [5, 5.41) is 22.4. The number of rotatable bonds is 5. The van der Waals surface area contributed by atoms with Gasteiger partial charge in [0.25, 0.3) is 5.91 Å². The summed E-state index contributed by atoms with van der Waals surface area (Å²) in [4.78, 5) is 28.3. The van der Waals surface area contributed by atoms with Gasteiger partial charge in [0.15, 0.2) is 0 Å². The van der Waals surface area contributed by atoms with Crippen molar-refractivity contribution in [2.75, 3.05) is 5.43 Å². The molecular formula is C20H18N4O4. The van der Waals surface area contributed by atoms with Crippen molar-refractivity contribution in [3.05, 3.63) is 77.9 Å². The van der Waals surface area contributed by atoms with Crippen LogP contribution in [0.4, 0.5) is 5.69 Å². The lowest BCUT2D eigenvalue weighted by Crippen LogP contribution is -2.34. The molecule has 2 aromatic carbocycles. The van der Waals surface area contributed by atoms with Gasteiger partial charge in [0.2, 0.25) is 0 Å². The molecule has 0 aliphatic heterocycles. The number of aromatic nitrogens is 2. The molecule has 0 saturated heterocycles. The van der Waals surface area contributed by atoms with Crippen LogP contribution in [-0.4, -0.2) is 31.7 Å². The summed E-state index contributed by atoms with van der Waals surface area (Å²) in [7, 11) is 0. The van der Waals surface area contributed by atoms with Crippen LogP contribution in [0.25, 0.3) is 0 Å². The molecule has 1 aromatic heterocycles. The Hall–Kier alpha value is -3.81. The van der Waals surface area contributed by atoms with Crippen LogP contribution in [0.3, 0.4) is 0 Å². The van der Waals surface area contributed by atoms with E-state index in [0.717, 1.165) is 5.69 Å². The van der Waals surface area contributed by atoms with E-state index in [1.54, 1.807) is 59.8 Å². The SMILES string of the molecule is O=C(N[C@@H]1c2cccc(O)c2C[C@@H]1C(=O)O)c1ccc(Nn2ccnc2)cc1. The number of nitrogens with zero attached hydrogens (tertiary/aromatic N) is 2. The Kier molecular flexibility index (Phi) is 4.44. The first kappa shape index (κ1) is 17.6. The Bertz CT molecular complexity index is 1020. The average Bonchev–Trinajstić information content (AvgIpc) is 3.31. The van der Waals surface area contributed by atoms with Crippen molar-refractivity contribution in [3.63, 3.8) is 0 Å². The summed E-state index contributed by atoms with van der Waals surface area (Å²) in [6, 6.07) is 11.0. The summed E-state index contributed by atoms with van der Waals surface area (Å²) >= 11 is 0. The lowest BCUT2D eigenvalue weighted by molar-refractivity contribution is -0.142. The summed E-state index contributed by atoms with van der Waals surface area (Å²) in [5.41, 5.74) is 5.47. The maximum absolute atomic E-state index is 12.7. The van der Waals surface area contributed by atoms with Gasteiger partial charge in [-0.1, -0.05) is 12.1 Å². The Balaban J connectivity index is 1.52. The van der Waals surface area contributed by atoms with Gasteiger partial charge in [-0.2, -0.15) is 0 Å². The maximum Gasteiger partial charge on any atom is 0.309 e. The molecule has 1 heterocycles. The fourth-order valence-electron chi connectivity index (χ4n) is 3.46. The number of carboxylic acids is 1. The molecule has 0 bridgehead atoms. The summed E-state index contributed by atoms with van der Waals surface area (Å²) in [5.74, 6) is -2.16. The zero-order chi connectivity index (χ0) is 19.7. The molecular weight excluding hydrogens is 360 g/mol. The van der Waals surface area contributed by atoms with Crippen LogP contribution in [0.5, 0.6) is 5.75 Å². The fraction of sp³-hybridized carbons (Fsp3) is 0.150. The molecule has 8 nitrogen and oxygen atoms in total. The standard InChI is InChI=1S/C20H18N4O4/c25-17-3-1-2-14-15(17)10-16(20(27)28)18(14)22-19(26)12-4-6-13(7-5-12)23-24-9-8-21-11-24/h1-9,11,16,18,23,25H,10H2,(H,22,26)(H,27,28)/t16-,18+/m0/s1. The topological polar surface area (TPSA) is 116 Å². The molecule has 4 N–H and O–H groups in total. The molecule has 3 aromatic rings. The van der Waals surface area contributed by atoms with Gasteiger partial charge in [-0.05, 0) is 42.3 Å². The van der Waals surface area contributed by atoms with Crippen LogP contribution in [-0.2, 0) is 11.2 Å². The second-order valence-corrected chi connectivity index (χ2v) is 6.60. The van der Waals surface area contributed by atoms with Gasteiger partial charge in [-0.25, -0.2) is 4.98 Å². The van der Waals surface area contributed by atoms with Crippen LogP contribution in [0, 0.1) is 5.92 Å². The molecule has 142 valence electrons. The monoisotopic (exact) mass is 378 g/mol. The van der Waals surface area contributed by atoms with Crippen LogP contribution < -0.4 is 10.7 Å². The minimum atomic E-state index is -1.01. The number of phenols is 1. The second kappa shape index (κ2) is 7.07. The highest BCUT2D eigenvalue weighted by atomic mass is 16.4. The molecule has 1 aliphatic rings. The predicted molar refractivity (Wildman–Crippen MR) is 101 cm³/mol. The van der Waals surface area contributed by atoms with Crippen LogP contribution in [0.1, 0.15) is 27.5 Å². The largest absolute Gasteiger partial charge is 0.508 e. The van der Waals surface area contributed by atoms with Gasteiger partial charge in [0.05, 0.1) is 17.6 Å². The van der Waals surface area contributed by atoms with E-state index in [1.807, 2.05) is 0 Å². The number of hydrogen-bond donors (Lipinski definition) is 4. The molecule has 0 unspecified atom stereocenters. The van der Waals surface area contributed by atoms with E-state index in [4.69, 9.17) is 0 Å². The van der Waals surface area contributed by atoms with Gasteiger partial charge in [-0.15, -0.1) is 0 Å². The third-order valence-electron chi connectivity index (χ3n) is 4.86. The van der Waals surface area contributed by atoms with Crippen molar-refractivity contribution in [2.24, 2.45) is 5.92 Å². The van der Waals surface area contributed by atoms with E-state index in [0.29, 0.717) is 16.7 Å². The number of hydrogen-bond acceptors (Lipinski definition) is 5. The van der Waals surface area contributed by atoms with Crippen LogP contribution in [0.2, 0.25) is 0 Å². The summed E-state index contributed by atoms with van der Waals surface area (Å²) < 4.78 is 1.68. The number of imidazole rings is 1. The minimum Gasteiger partial charge on any atom is -0.508 e. The van der Waals surface area contributed by atoms with Crippen molar-refractivity contribution in [1.29, 1.82) is 0 Å². The van der Waals surface area contributed by atoms with Crippen molar-refractivity contribution in [2.45, 2.75) is 12.5 Å². The molecule has 1 aliphatic carbocycles. The molecule has 0 saturated carbocycles. The van der Waals surface area contributed by atoms with E-state index in [-0.39, 0.29) is 18.1 Å². The van der Waals surface area contributed by atoms with Crippen molar-refractivity contribution in [1.82, 2.24) is 15.0 Å². The number of amides is 1. The van der Waals surface area contributed by atoms with E-state index in [2.05, 4.69) is 15.7 Å². The zero-order valence-electron chi connectivity index (χ0n) is 14.7. The molecule has 8 heteroatoms. The number of benzene rings is 2. The number of aliphatic carboxylic acids is 1. The summed E-state index contributed by atoms with van der Waals surface area (Å²) in [6.45, 7) is 0. The number of phenolic OH excluding ortho intramolecular Hbond substituents is 1. The first-order chi connectivity index (χ1) is 13.5. The maximum atomic E-state index is 12.7. The predicted octanol–water partition coefficient (Wildman–Crippen LogP) is 2.19. The highest BCUT2D eigenvalue weighted by Gasteiger charge is 2.39. The Morgan fingerprint density at radius 1 is 1.14 bits per heavy atom. The number of fused-ring (bicyclic) bond motifs is 1. The van der Waals surface area contributed by atoms with Crippen molar-refractivity contribution >= 4 is 17.6 Å². The van der Waals surface area contributed by atoms with Gasteiger partial charge in [-0.3, -0.25) is 19.7 Å². The molecule has 28 heavy (non-hydrogen) atoms. The van der Waals surface area contributed by atoms with Crippen molar-refractivity contribution < 1.29 is 19.8 Å². The second-order valence-electron chi connectivity index (χ2n) is 6.60. The molecule has 0 fully saturated rings. The smallest absolute Gasteiger partial charge is 0.309 e.